The van der Waals surface area contributed by atoms with Crippen LogP contribution in [0.3, 0.4) is 0 Å². The highest BCUT2D eigenvalue weighted by atomic mass is 35.5. The summed E-state index contributed by atoms with van der Waals surface area (Å²) in [5.74, 6) is 0.183. The Labute approximate surface area is 144 Å². The number of hydrogen-bond acceptors (Lipinski definition) is 5. The number of piperazine rings is 1. The van der Waals surface area contributed by atoms with E-state index in [4.69, 9.17) is 17.3 Å². The van der Waals surface area contributed by atoms with Crippen LogP contribution >= 0.6 is 22.9 Å². The van der Waals surface area contributed by atoms with E-state index in [0.29, 0.717) is 18.0 Å². The summed E-state index contributed by atoms with van der Waals surface area (Å²) in [5, 5.41) is 3.21. The fraction of sp³-hybridized carbons (Fsp3) is 0.375. The van der Waals surface area contributed by atoms with Crippen molar-refractivity contribution >= 4 is 39.7 Å². The fourth-order valence-electron chi connectivity index (χ4n) is 2.72. The van der Waals surface area contributed by atoms with E-state index in [0.717, 1.165) is 42.6 Å². The largest absolute Gasteiger partial charge is 0.375 e. The molecule has 5 nitrogen and oxygen atoms in total. The summed E-state index contributed by atoms with van der Waals surface area (Å²) in [7, 11) is 0. The van der Waals surface area contributed by atoms with Gasteiger partial charge in [0.2, 0.25) is 5.91 Å². The van der Waals surface area contributed by atoms with Gasteiger partial charge in [-0.3, -0.25) is 4.79 Å². The molecular weight excluding hydrogens is 332 g/mol. The number of carbonyl (C=O) groups excluding carboxylic acids is 1. The Morgan fingerprint density at radius 3 is 2.74 bits per heavy atom. The number of anilines is 2. The van der Waals surface area contributed by atoms with Gasteiger partial charge in [0, 0.05) is 48.7 Å². The summed E-state index contributed by atoms with van der Waals surface area (Å²) in [6, 6.07) is 7.84. The Morgan fingerprint density at radius 2 is 2.09 bits per heavy atom. The number of rotatable bonds is 4. The Kier molecular flexibility index (Phi) is 5.03. The zero-order valence-electron chi connectivity index (χ0n) is 12.7. The molecule has 7 heteroatoms. The molecule has 0 bridgehead atoms. The molecule has 2 aromatic rings. The van der Waals surface area contributed by atoms with E-state index in [1.807, 2.05) is 28.5 Å². The molecule has 1 aliphatic rings. The molecular formula is C16H19ClN4OS. The molecule has 0 radical (unpaired) electrons. The van der Waals surface area contributed by atoms with Crippen LogP contribution in [0, 0.1) is 0 Å². The van der Waals surface area contributed by atoms with Gasteiger partial charge in [-0.2, -0.15) is 0 Å². The fourth-order valence-corrected chi connectivity index (χ4v) is 3.50. The maximum atomic E-state index is 12.3. The van der Waals surface area contributed by atoms with Crippen molar-refractivity contribution in [3.63, 3.8) is 0 Å². The van der Waals surface area contributed by atoms with E-state index >= 15 is 0 Å². The van der Waals surface area contributed by atoms with Gasteiger partial charge >= 0.3 is 0 Å². The SMILES string of the molecule is Nc1nc(CCC(=O)N2CCN(c3cccc(Cl)c3)CC2)cs1. The highest BCUT2D eigenvalue weighted by Gasteiger charge is 2.21. The lowest BCUT2D eigenvalue weighted by Gasteiger charge is -2.36. The predicted molar refractivity (Wildman–Crippen MR) is 95.1 cm³/mol. The molecule has 0 saturated carbocycles. The van der Waals surface area contributed by atoms with Gasteiger partial charge in [-0.25, -0.2) is 4.98 Å². The first-order valence-electron chi connectivity index (χ1n) is 7.60. The predicted octanol–water partition coefficient (Wildman–Crippen LogP) is 2.66. The first-order chi connectivity index (χ1) is 11.1. The van der Waals surface area contributed by atoms with Crippen LogP contribution in [0.5, 0.6) is 0 Å². The van der Waals surface area contributed by atoms with Gasteiger partial charge in [-0.1, -0.05) is 17.7 Å². The van der Waals surface area contributed by atoms with Gasteiger partial charge < -0.3 is 15.5 Å². The molecule has 0 aliphatic carbocycles. The van der Waals surface area contributed by atoms with Crippen molar-refractivity contribution in [2.24, 2.45) is 0 Å². The summed E-state index contributed by atoms with van der Waals surface area (Å²) in [6.45, 7) is 3.14. The minimum absolute atomic E-state index is 0.183. The van der Waals surface area contributed by atoms with Crippen molar-refractivity contribution in [1.29, 1.82) is 0 Å². The summed E-state index contributed by atoms with van der Waals surface area (Å²) in [6.07, 6.45) is 1.14. The van der Waals surface area contributed by atoms with Gasteiger partial charge in [0.15, 0.2) is 5.13 Å². The van der Waals surface area contributed by atoms with Crippen LogP contribution in [0.1, 0.15) is 12.1 Å². The van der Waals surface area contributed by atoms with Gasteiger partial charge in [-0.15, -0.1) is 11.3 Å². The lowest BCUT2D eigenvalue weighted by Crippen LogP contribution is -2.48. The van der Waals surface area contributed by atoms with Crippen LogP contribution in [0.25, 0.3) is 0 Å². The Hall–Kier alpha value is -1.79. The lowest BCUT2D eigenvalue weighted by atomic mass is 10.2. The van der Waals surface area contributed by atoms with E-state index in [1.165, 1.54) is 11.3 Å². The lowest BCUT2D eigenvalue weighted by molar-refractivity contribution is -0.131. The molecule has 1 aromatic heterocycles. The highest BCUT2D eigenvalue weighted by Crippen LogP contribution is 2.21. The summed E-state index contributed by atoms with van der Waals surface area (Å²) < 4.78 is 0. The van der Waals surface area contributed by atoms with Crippen molar-refractivity contribution in [3.8, 4) is 0 Å². The maximum Gasteiger partial charge on any atom is 0.223 e. The first-order valence-corrected chi connectivity index (χ1v) is 8.86. The Morgan fingerprint density at radius 1 is 1.30 bits per heavy atom. The molecule has 2 N–H and O–H groups in total. The third-order valence-electron chi connectivity index (χ3n) is 3.97. The van der Waals surface area contributed by atoms with E-state index in [-0.39, 0.29) is 5.91 Å². The number of thiazole rings is 1. The minimum atomic E-state index is 0.183. The second kappa shape index (κ2) is 7.19. The molecule has 1 saturated heterocycles. The monoisotopic (exact) mass is 350 g/mol. The van der Waals surface area contributed by atoms with Crippen LogP contribution < -0.4 is 10.6 Å². The van der Waals surface area contributed by atoms with Crippen LogP contribution in [-0.4, -0.2) is 42.0 Å². The topological polar surface area (TPSA) is 62.5 Å². The average Bonchev–Trinajstić information content (AvgIpc) is 2.98. The quantitative estimate of drug-likeness (QED) is 0.920. The molecule has 1 amide bonds. The number of nitrogens with zero attached hydrogens (tertiary/aromatic N) is 3. The number of halogens is 1. The van der Waals surface area contributed by atoms with Gasteiger partial charge in [0.25, 0.3) is 0 Å². The number of hydrogen-bond donors (Lipinski definition) is 1. The van der Waals surface area contributed by atoms with Gasteiger partial charge in [0.05, 0.1) is 5.69 Å². The van der Waals surface area contributed by atoms with Crippen LogP contribution in [0.15, 0.2) is 29.6 Å². The first kappa shape index (κ1) is 16.1. The average molecular weight is 351 g/mol. The number of carbonyl (C=O) groups is 1. The van der Waals surface area contributed by atoms with Crippen molar-refractivity contribution in [2.45, 2.75) is 12.8 Å². The smallest absolute Gasteiger partial charge is 0.223 e. The standard InChI is InChI=1S/C16H19ClN4OS/c17-12-2-1-3-14(10-12)20-6-8-21(9-7-20)15(22)5-4-13-11-23-16(18)19-13/h1-3,10-11H,4-9H2,(H2,18,19). The zero-order chi connectivity index (χ0) is 16.2. The molecule has 3 rings (SSSR count). The van der Waals surface area contributed by atoms with E-state index in [1.54, 1.807) is 0 Å². The number of nitrogen functional groups attached to an aromatic ring is 1. The maximum absolute atomic E-state index is 12.3. The Bertz CT molecular complexity index is 682. The second-order valence-electron chi connectivity index (χ2n) is 5.52. The van der Waals surface area contributed by atoms with Crippen molar-refractivity contribution in [1.82, 2.24) is 9.88 Å². The van der Waals surface area contributed by atoms with E-state index in [9.17, 15) is 4.79 Å². The van der Waals surface area contributed by atoms with Gasteiger partial charge in [0.1, 0.15) is 0 Å². The van der Waals surface area contributed by atoms with Crippen molar-refractivity contribution in [3.05, 3.63) is 40.4 Å². The minimum Gasteiger partial charge on any atom is -0.375 e. The van der Waals surface area contributed by atoms with E-state index < -0.39 is 0 Å². The molecule has 0 unspecified atom stereocenters. The molecule has 122 valence electrons. The number of benzene rings is 1. The van der Waals surface area contributed by atoms with Crippen LogP contribution in [0.4, 0.5) is 10.8 Å². The number of aryl methyl sites for hydroxylation is 1. The molecule has 1 aromatic carbocycles. The van der Waals surface area contributed by atoms with Crippen LogP contribution in [-0.2, 0) is 11.2 Å². The molecule has 0 spiro atoms. The van der Waals surface area contributed by atoms with Gasteiger partial charge in [-0.05, 0) is 24.6 Å². The van der Waals surface area contributed by atoms with E-state index in [2.05, 4.69) is 16.0 Å². The highest BCUT2D eigenvalue weighted by molar-refractivity contribution is 7.13. The van der Waals surface area contributed by atoms with Crippen LogP contribution in [0.2, 0.25) is 5.02 Å². The van der Waals surface area contributed by atoms with Crippen molar-refractivity contribution < 1.29 is 4.79 Å². The Balaban J connectivity index is 1.49. The normalized spacial score (nSPS) is 15.0. The third-order valence-corrected chi connectivity index (χ3v) is 4.93. The summed E-state index contributed by atoms with van der Waals surface area (Å²) in [5.41, 5.74) is 7.62. The number of amides is 1. The van der Waals surface area contributed by atoms with Crippen molar-refractivity contribution in [2.75, 3.05) is 36.8 Å². The number of nitrogens with two attached hydrogens (primary N) is 1. The third kappa shape index (κ3) is 4.14. The summed E-state index contributed by atoms with van der Waals surface area (Å²) >= 11 is 7.45. The second-order valence-corrected chi connectivity index (χ2v) is 6.85. The molecule has 1 aliphatic heterocycles. The number of aromatic nitrogens is 1. The molecule has 23 heavy (non-hydrogen) atoms. The molecule has 2 heterocycles. The zero-order valence-corrected chi connectivity index (χ0v) is 14.3. The molecule has 1 fully saturated rings. The molecule has 0 atom stereocenters. The summed E-state index contributed by atoms with van der Waals surface area (Å²) in [4.78, 5) is 20.7.